The zero-order chi connectivity index (χ0) is 11.2. The number of likely N-dealkylation sites (tertiary alicyclic amines) is 1. The Kier molecular flexibility index (Phi) is 2.53. The standard InChI is InChI=1S/C12H21NO2/c1-8-10(11(14)15)4-7-13(8)9(2)12(3)5-6-12/h8-10H,4-7H2,1-3H3,(H,14,15). The van der Waals surface area contributed by atoms with Gasteiger partial charge in [-0.2, -0.15) is 0 Å². The van der Waals surface area contributed by atoms with Crippen LogP contribution in [0.4, 0.5) is 0 Å². The molecular weight excluding hydrogens is 190 g/mol. The summed E-state index contributed by atoms with van der Waals surface area (Å²) in [5.74, 6) is -0.784. The van der Waals surface area contributed by atoms with E-state index in [4.69, 9.17) is 5.11 Å². The second kappa shape index (κ2) is 3.48. The van der Waals surface area contributed by atoms with E-state index in [2.05, 4.69) is 25.7 Å². The Morgan fingerprint density at radius 1 is 1.53 bits per heavy atom. The highest BCUT2D eigenvalue weighted by molar-refractivity contribution is 5.71. The molecule has 2 aliphatic rings. The van der Waals surface area contributed by atoms with E-state index in [-0.39, 0.29) is 12.0 Å². The molecule has 1 N–H and O–H groups in total. The first kappa shape index (κ1) is 10.9. The minimum atomic E-state index is -0.627. The zero-order valence-corrected chi connectivity index (χ0v) is 9.86. The number of rotatable bonds is 3. The van der Waals surface area contributed by atoms with E-state index >= 15 is 0 Å². The van der Waals surface area contributed by atoms with Crippen LogP contribution in [0.25, 0.3) is 0 Å². The number of aliphatic carboxylic acids is 1. The normalized spacial score (nSPS) is 36.5. The van der Waals surface area contributed by atoms with E-state index in [9.17, 15) is 4.79 Å². The maximum Gasteiger partial charge on any atom is 0.308 e. The average Bonchev–Trinajstić information content (AvgIpc) is 2.78. The van der Waals surface area contributed by atoms with E-state index < -0.39 is 5.97 Å². The van der Waals surface area contributed by atoms with Gasteiger partial charge in [-0.3, -0.25) is 9.69 Å². The van der Waals surface area contributed by atoms with Crippen LogP contribution in [-0.2, 0) is 4.79 Å². The highest BCUT2D eigenvalue weighted by atomic mass is 16.4. The van der Waals surface area contributed by atoms with Crippen molar-refractivity contribution in [1.82, 2.24) is 4.90 Å². The summed E-state index contributed by atoms with van der Waals surface area (Å²) in [5, 5.41) is 9.07. The molecule has 0 aromatic rings. The largest absolute Gasteiger partial charge is 0.481 e. The van der Waals surface area contributed by atoms with Gasteiger partial charge in [0, 0.05) is 12.1 Å². The Hall–Kier alpha value is -0.570. The van der Waals surface area contributed by atoms with Crippen molar-refractivity contribution in [2.24, 2.45) is 11.3 Å². The molecule has 0 radical (unpaired) electrons. The Labute approximate surface area is 91.5 Å². The lowest BCUT2D eigenvalue weighted by Gasteiger charge is -2.34. The minimum Gasteiger partial charge on any atom is -0.481 e. The number of carboxylic acids is 1. The predicted molar refractivity (Wildman–Crippen MR) is 58.7 cm³/mol. The third-order valence-corrected chi connectivity index (χ3v) is 4.67. The summed E-state index contributed by atoms with van der Waals surface area (Å²) in [5.41, 5.74) is 0.460. The van der Waals surface area contributed by atoms with Gasteiger partial charge in [-0.1, -0.05) is 6.92 Å². The third kappa shape index (κ3) is 1.78. The molecule has 3 unspecified atom stereocenters. The molecule has 1 saturated heterocycles. The summed E-state index contributed by atoms with van der Waals surface area (Å²) in [4.78, 5) is 13.4. The van der Waals surface area contributed by atoms with Crippen LogP contribution in [0.15, 0.2) is 0 Å². The number of carboxylic acid groups (broad SMARTS) is 1. The first-order chi connectivity index (χ1) is 6.96. The van der Waals surface area contributed by atoms with Crippen molar-refractivity contribution in [3.63, 3.8) is 0 Å². The lowest BCUT2D eigenvalue weighted by molar-refractivity contribution is -0.142. The topological polar surface area (TPSA) is 40.5 Å². The Morgan fingerprint density at radius 3 is 2.53 bits per heavy atom. The molecule has 3 nitrogen and oxygen atoms in total. The van der Waals surface area contributed by atoms with E-state index in [1.807, 2.05) is 0 Å². The smallest absolute Gasteiger partial charge is 0.308 e. The Morgan fingerprint density at radius 2 is 2.13 bits per heavy atom. The summed E-state index contributed by atoms with van der Waals surface area (Å²) in [6, 6.07) is 0.742. The quantitative estimate of drug-likeness (QED) is 0.776. The summed E-state index contributed by atoms with van der Waals surface area (Å²) < 4.78 is 0. The highest BCUT2D eigenvalue weighted by Crippen LogP contribution is 2.51. The highest BCUT2D eigenvalue weighted by Gasteiger charge is 2.48. The summed E-state index contributed by atoms with van der Waals surface area (Å²) in [6.45, 7) is 7.59. The molecule has 0 aromatic carbocycles. The molecule has 15 heavy (non-hydrogen) atoms. The van der Waals surface area contributed by atoms with Crippen LogP contribution in [0.3, 0.4) is 0 Å². The minimum absolute atomic E-state index is 0.158. The molecule has 3 heteroatoms. The van der Waals surface area contributed by atoms with Gasteiger partial charge in [0.2, 0.25) is 0 Å². The molecule has 1 aliphatic heterocycles. The van der Waals surface area contributed by atoms with Gasteiger partial charge in [-0.05, 0) is 45.1 Å². The fourth-order valence-corrected chi connectivity index (χ4v) is 2.86. The van der Waals surface area contributed by atoms with E-state index in [1.165, 1.54) is 12.8 Å². The van der Waals surface area contributed by atoms with Crippen molar-refractivity contribution in [2.45, 2.75) is 52.1 Å². The second-order valence-corrected chi connectivity index (χ2v) is 5.54. The molecule has 86 valence electrons. The van der Waals surface area contributed by atoms with Crippen LogP contribution in [0.1, 0.15) is 40.0 Å². The van der Waals surface area contributed by atoms with Gasteiger partial charge in [0.05, 0.1) is 5.92 Å². The molecule has 1 heterocycles. The van der Waals surface area contributed by atoms with Crippen molar-refractivity contribution < 1.29 is 9.90 Å². The molecule has 2 fully saturated rings. The first-order valence-corrected chi connectivity index (χ1v) is 5.94. The van der Waals surface area contributed by atoms with Crippen molar-refractivity contribution in [3.05, 3.63) is 0 Å². The van der Waals surface area contributed by atoms with Crippen LogP contribution in [-0.4, -0.2) is 34.6 Å². The van der Waals surface area contributed by atoms with Crippen LogP contribution in [0, 0.1) is 11.3 Å². The van der Waals surface area contributed by atoms with Crippen molar-refractivity contribution >= 4 is 5.97 Å². The van der Waals surface area contributed by atoms with Crippen LogP contribution < -0.4 is 0 Å². The predicted octanol–water partition coefficient (Wildman–Crippen LogP) is 1.97. The zero-order valence-electron chi connectivity index (χ0n) is 9.86. The van der Waals surface area contributed by atoms with E-state index in [1.54, 1.807) is 0 Å². The van der Waals surface area contributed by atoms with Gasteiger partial charge in [-0.25, -0.2) is 0 Å². The van der Waals surface area contributed by atoms with Crippen LogP contribution in [0.5, 0.6) is 0 Å². The van der Waals surface area contributed by atoms with Gasteiger partial charge < -0.3 is 5.11 Å². The molecule has 0 spiro atoms. The van der Waals surface area contributed by atoms with Gasteiger partial charge in [-0.15, -0.1) is 0 Å². The van der Waals surface area contributed by atoms with E-state index in [0.717, 1.165) is 13.0 Å². The molecule has 0 bridgehead atoms. The van der Waals surface area contributed by atoms with Crippen molar-refractivity contribution in [3.8, 4) is 0 Å². The second-order valence-electron chi connectivity index (χ2n) is 5.54. The van der Waals surface area contributed by atoms with Gasteiger partial charge in [0.15, 0.2) is 0 Å². The molecule has 2 rings (SSSR count). The fourth-order valence-electron chi connectivity index (χ4n) is 2.86. The molecular formula is C12H21NO2. The first-order valence-electron chi connectivity index (χ1n) is 5.94. The Bertz CT molecular complexity index is 273. The van der Waals surface area contributed by atoms with Gasteiger partial charge >= 0.3 is 5.97 Å². The average molecular weight is 211 g/mol. The molecule has 0 aromatic heterocycles. The van der Waals surface area contributed by atoms with E-state index in [0.29, 0.717) is 11.5 Å². The molecule has 3 atom stereocenters. The van der Waals surface area contributed by atoms with Crippen molar-refractivity contribution in [2.75, 3.05) is 6.54 Å². The summed E-state index contributed by atoms with van der Waals surface area (Å²) in [6.07, 6.45) is 3.42. The lowest BCUT2D eigenvalue weighted by atomic mass is 9.97. The number of hydrogen-bond donors (Lipinski definition) is 1. The Balaban J connectivity index is 2.03. The molecule has 0 amide bonds. The third-order valence-electron chi connectivity index (χ3n) is 4.67. The van der Waals surface area contributed by atoms with Crippen molar-refractivity contribution in [1.29, 1.82) is 0 Å². The van der Waals surface area contributed by atoms with Gasteiger partial charge in [0.25, 0.3) is 0 Å². The number of carbonyl (C=O) groups is 1. The van der Waals surface area contributed by atoms with Gasteiger partial charge in [0.1, 0.15) is 0 Å². The molecule has 1 aliphatic carbocycles. The molecule has 1 saturated carbocycles. The fraction of sp³-hybridized carbons (Fsp3) is 0.917. The lowest BCUT2D eigenvalue weighted by Crippen LogP contribution is -2.43. The summed E-state index contributed by atoms with van der Waals surface area (Å²) in [7, 11) is 0. The summed E-state index contributed by atoms with van der Waals surface area (Å²) >= 11 is 0. The maximum atomic E-state index is 11.0. The van der Waals surface area contributed by atoms with Crippen LogP contribution >= 0.6 is 0 Å². The number of nitrogens with zero attached hydrogens (tertiary/aromatic N) is 1. The maximum absolute atomic E-state index is 11.0. The van der Waals surface area contributed by atoms with Crippen LogP contribution in [0.2, 0.25) is 0 Å². The monoisotopic (exact) mass is 211 g/mol. The number of hydrogen-bond acceptors (Lipinski definition) is 2. The SMILES string of the molecule is CC1C(C(=O)O)CCN1C(C)C1(C)CC1.